The molecule has 1 aliphatic heterocycles. The molecule has 2 aromatic rings. The molecule has 29 heavy (non-hydrogen) atoms. The van der Waals surface area contributed by atoms with Gasteiger partial charge in [0.1, 0.15) is 0 Å². The number of guanidine groups is 1. The highest BCUT2D eigenvalue weighted by Crippen LogP contribution is 2.34. The minimum absolute atomic E-state index is 0.107. The molecule has 2 N–H and O–H groups in total. The summed E-state index contributed by atoms with van der Waals surface area (Å²) in [6, 6.07) is 14.4. The van der Waals surface area contributed by atoms with Gasteiger partial charge in [0.15, 0.2) is 5.96 Å². The molecule has 0 saturated carbocycles. The van der Waals surface area contributed by atoms with Gasteiger partial charge in [0.2, 0.25) is 0 Å². The molecule has 0 spiro atoms. The third kappa shape index (κ3) is 5.56. The first-order chi connectivity index (χ1) is 14.2. The number of hydrogen-bond donors (Lipinski definition) is 2. The number of carbonyl (C=O) groups is 1. The number of nitrogens with one attached hydrogen (secondary N) is 2. The van der Waals surface area contributed by atoms with Crippen LogP contribution >= 0.6 is 0 Å². The van der Waals surface area contributed by atoms with Gasteiger partial charge in [-0.3, -0.25) is 14.8 Å². The average Bonchev–Trinajstić information content (AvgIpc) is 2.79. The Kier molecular flexibility index (Phi) is 7.61. The van der Waals surface area contributed by atoms with Crippen LogP contribution in [0.15, 0.2) is 59.9 Å². The van der Waals surface area contributed by atoms with Gasteiger partial charge in [0.25, 0.3) is 5.91 Å². The summed E-state index contributed by atoms with van der Waals surface area (Å²) in [7, 11) is 1.82. The van der Waals surface area contributed by atoms with Crippen LogP contribution in [-0.4, -0.2) is 55.0 Å². The Morgan fingerprint density at radius 1 is 1.17 bits per heavy atom. The molecule has 2 atom stereocenters. The summed E-state index contributed by atoms with van der Waals surface area (Å²) >= 11 is 0. The molecule has 0 bridgehead atoms. The molecular formula is C23H31N5O. The quantitative estimate of drug-likeness (QED) is 0.450. The fraction of sp³-hybridized carbons (Fsp3) is 0.435. The zero-order valence-corrected chi connectivity index (χ0v) is 17.3. The van der Waals surface area contributed by atoms with Crippen LogP contribution in [0.25, 0.3) is 0 Å². The van der Waals surface area contributed by atoms with E-state index in [-0.39, 0.29) is 5.91 Å². The minimum atomic E-state index is -0.107. The molecule has 1 aromatic heterocycles. The molecule has 1 amide bonds. The van der Waals surface area contributed by atoms with E-state index in [2.05, 4.69) is 62.8 Å². The lowest BCUT2D eigenvalue weighted by Gasteiger charge is -2.40. The van der Waals surface area contributed by atoms with Crippen molar-refractivity contribution in [1.82, 2.24) is 20.5 Å². The summed E-state index contributed by atoms with van der Waals surface area (Å²) in [5.41, 5.74) is 2.02. The minimum Gasteiger partial charge on any atom is -0.354 e. The van der Waals surface area contributed by atoms with Crippen molar-refractivity contribution in [3.8, 4) is 0 Å². The fourth-order valence-electron chi connectivity index (χ4n) is 4.06. The molecule has 1 aliphatic rings. The third-order valence-electron chi connectivity index (χ3n) is 5.61. The van der Waals surface area contributed by atoms with Gasteiger partial charge in [-0.15, -0.1) is 0 Å². The number of likely N-dealkylation sites (tertiary alicyclic amines) is 1. The van der Waals surface area contributed by atoms with Crippen LogP contribution in [0.5, 0.6) is 0 Å². The molecule has 1 fully saturated rings. The lowest BCUT2D eigenvalue weighted by atomic mass is 9.79. The number of rotatable bonds is 6. The highest BCUT2D eigenvalue weighted by Gasteiger charge is 2.30. The van der Waals surface area contributed by atoms with E-state index < -0.39 is 0 Å². The van der Waals surface area contributed by atoms with E-state index in [0.717, 1.165) is 31.9 Å². The van der Waals surface area contributed by atoms with E-state index in [0.29, 0.717) is 30.5 Å². The first kappa shape index (κ1) is 20.8. The zero-order valence-electron chi connectivity index (χ0n) is 17.3. The molecule has 1 saturated heterocycles. The van der Waals surface area contributed by atoms with Crippen molar-refractivity contribution < 1.29 is 4.79 Å². The van der Waals surface area contributed by atoms with Crippen molar-refractivity contribution in [2.75, 3.05) is 33.2 Å². The summed E-state index contributed by atoms with van der Waals surface area (Å²) in [5, 5.41) is 6.31. The molecule has 6 heteroatoms. The van der Waals surface area contributed by atoms with Crippen LogP contribution in [0.3, 0.4) is 0 Å². The van der Waals surface area contributed by atoms with Gasteiger partial charge in [-0.1, -0.05) is 43.7 Å². The lowest BCUT2D eigenvalue weighted by Crippen LogP contribution is -2.49. The number of pyridine rings is 1. The van der Waals surface area contributed by atoms with Crippen LogP contribution in [0.4, 0.5) is 0 Å². The van der Waals surface area contributed by atoms with E-state index in [1.54, 1.807) is 24.5 Å². The highest BCUT2D eigenvalue weighted by atomic mass is 16.1. The summed E-state index contributed by atoms with van der Waals surface area (Å²) in [6.07, 6.45) is 5.51. The van der Waals surface area contributed by atoms with Gasteiger partial charge in [-0.2, -0.15) is 0 Å². The summed E-state index contributed by atoms with van der Waals surface area (Å²) in [6.45, 7) is 5.42. The molecular weight excluding hydrogens is 362 g/mol. The molecule has 0 radical (unpaired) electrons. The van der Waals surface area contributed by atoms with Crippen molar-refractivity contribution in [2.24, 2.45) is 10.9 Å². The van der Waals surface area contributed by atoms with Crippen molar-refractivity contribution in [2.45, 2.75) is 25.7 Å². The number of nitrogens with zero attached hydrogens (tertiary/aromatic N) is 3. The Morgan fingerprint density at radius 3 is 2.66 bits per heavy atom. The predicted molar refractivity (Wildman–Crippen MR) is 117 cm³/mol. The van der Waals surface area contributed by atoms with Gasteiger partial charge < -0.3 is 15.5 Å². The Balaban J connectivity index is 1.48. The van der Waals surface area contributed by atoms with Gasteiger partial charge in [0, 0.05) is 45.6 Å². The largest absolute Gasteiger partial charge is 0.354 e. The molecule has 1 aromatic carbocycles. The Labute approximate surface area is 173 Å². The van der Waals surface area contributed by atoms with Crippen molar-refractivity contribution in [3.63, 3.8) is 0 Å². The Morgan fingerprint density at radius 2 is 1.97 bits per heavy atom. The SMILES string of the molecule is CCC1CN(C(=NC)NCCNC(=O)c2cccnc2)CCC1c1ccccc1. The maximum Gasteiger partial charge on any atom is 0.252 e. The first-order valence-corrected chi connectivity index (χ1v) is 10.4. The topological polar surface area (TPSA) is 69.6 Å². The standard InChI is InChI=1S/C23H31N5O/c1-3-18-17-28(15-11-21(18)19-8-5-4-6-9-19)23(24-2)27-14-13-26-22(29)20-10-7-12-25-16-20/h4-10,12,16,18,21H,3,11,13-15,17H2,1-2H3,(H,24,27)(H,26,29). The summed E-state index contributed by atoms with van der Waals surface area (Å²) < 4.78 is 0. The molecule has 6 nitrogen and oxygen atoms in total. The maximum absolute atomic E-state index is 12.1. The highest BCUT2D eigenvalue weighted by molar-refractivity contribution is 5.93. The molecule has 2 heterocycles. The predicted octanol–water partition coefficient (Wildman–Crippen LogP) is 2.90. The maximum atomic E-state index is 12.1. The molecule has 154 valence electrons. The van der Waals surface area contributed by atoms with E-state index in [9.17, 15) is 4.79 Å². The number of piperidine rings is 1. The van der Waals surface area contributed by atoms with Crippen molar-refractivity contribution >= 4 is 11.9 Å². The second-order valence-electron chi connectivity index (χ2n) is 7.39. The fourth-order valence-corrected chi connectivity index (χ4v) is 4.06. The molecule has 3 rings (SSSR count). The number of aliphatic imine (C=N–C) groups is 1. The van der Waals surface area contributed by atoms with Crippen LogP contribution in [-0.2, 0) is 0 Å². The number of benzene rings is 1. The summed E-state index contributed by atoms with van der Waals surface area (Å²) in [5.74, 6) is 2.01. The Bertz CT molecular complexity index is 793. The van der Waals surface area contributed by atoms with Crippen LogP contribution in [0, 0.1) is 5.92 Å². The van der Waals surface area contributed by atoms with E-state index in [4.69, 9.17) is 0 Å². The second-order valence-corrected chi connectivity index (χ2v) is 7.39. The average molecular weight is 394 g/mol. The number of hydrogen-bond acceptors (Lipinski definition) is 3. The zero-order chi connectivity index (χ0) is 20.5. The normalized spacial score (nSPS) is 19.7. The number of aromatic nitrogens is 1. The van der Waals surface area contributed by atoms with Gasteiger partial charge >= 0.3 is 0 Å². The van der Waals surface area contributed by atoms with Crippen molar-refractivity contribution in [3.05, 3.63) is 66.0 Å². The Hall–Kier alpha value is -2.89. The molecule has 0 aliphatic carbocycles. The lowest BCUT2D eigenvalue weighted by molar-refractivity contribution is 0.0954. The first-order valence-electron chi connectivity index (χ1n) is 10.4. The van der Waals surface area contributed by atoms with Crippen molar-refractivity contribution in [1.29, 1.82) is 0 Å². The van der Waals surface area contributed by atoms with Crippen LogP contribution in [0.1, 0.15) is 41.6 Å². The number of carbonyl (C=O) groups excluding carboxylic acids is 1. The van der Waals surface area contributed by atoms with Gasteiger partial charge in [-0.05, 0) is 36.0 Å². The van der Waals surface area contributed by atoms with Crippen LogP contribution in [0.2, 0.25) is 0 Å². The van der Waals surface area contributed by atoms with E-state index in [1.165, 1.54) is 5.56 Å². The molecule has 2 unspecified atom stereocenters. The smallest absolute Gasteiger partial charge is 0.252 e. The monoisotopic (exact) mass is 393 g/mol. The van der Waals surface area contributed by atoms with Crippen LogP contribution < -0.4 is 10.6 Å². The van der Waals surface area contributed by atoms with E-state index in [1.807, 2.05) is 7.05 Å². The second kappa shape index (κ2) is 10.6. The van der Waals surface area contributed by atoms with Gasteiger partial charge in [0.05, 0.1) is 5.56 Å². The van der Waals surface area contributed by atoms with Gasteiger partial charge in [-0.25, -0.2) is 0 Å². The van der Waals surface area contributed by atoms with E-state index >= 15 is 0 Å². The third-order valence-corrected chi connectivity index (χ3v) is 5.61. The number of amides is 1. The summed E-state index contributed by atoms with van der Waals surface area (Å²) in [4.78, 5) is 22.9.